The van der Waals surface area contributed by atoms with Gasteiger partial charge in [0.15, 0.2) is 11.4 Å². The average Bonchev–Trinajstić information content (AvgIpc) is 0.753. The van der Waals surface area contributed by atoms with Crippen LogP contribution in [0.2, 0.25) is 0 Å². The fourth-order valence-corrected chi connectivity index (χ4v) is 13.1. The fraction of sp³-hybridized carbons (Fsp3) is 0.403. The molecule has 5 aromatic rings. The maximum Gasteiger partial charge on any atom is 0.416 e. The Hall–Kier alpha value is -9.56. The van der Waals surface area contributed by atoms with Gasteiger partial charge in [0.2, 0.25) is 0 Å². The normalized spacial score (nSPS) is 18.2. The number of aliphatic carboxylic acids is 4. The number of halogens is 12. The van der Waals surface area contributed by atoms with Crippen molar-refractivity contribution in [3.63, 3.8) is 0 Å². The minimum Gasteiger partial charge on any atom is -0.487 e. The number of hydrogen-bond acceptors (Lipinski definition) is 15. The number of allylic oxidation sites excluding steroid dienone is 1. The van der Waals surface area contributed by atoms with Crippen molar-refractivity contribution in [2.45, 2.75) is 125 Å². The largest absolute Gasteiger partial charge is 0.487 e. The number of amides is 1. The van der Waals surface area contributed by atoms with Gasteiger partial charge in [-0.3, -0.25) is 0 Å². The lowest BCUT2D eigenvalue weighted by Gasteiger charge is -2.51. The average molecular weight is 1500 g/mol. The molecule has 1 fully saturated rings. The number of alkyl halides is 12. The lowest BCUT2D eigenvalue weighted by Crippen LogP contribution is -2.67. The van der Waals surface area contributed by atoms with Crippen LogP contribution in [0.4, 0.5) is 68.9 Å². The second-order valence-electron chi connectivity index (χ2n) is 25.7. The predicted molar refractivity (Wildman–Crippen MR) is 359 cm³/mol. The van der Waals surface area contributed by atoms with Crippen LogP contribution < -0.4 is 29.6 Å². The second kappa shape index (κ2) is 32.6. The van der Waals surface area contributed by atoms with Crippen LogP contribution in [0.1, 0.15) is 118 Å². The van der Waals surface area contributed by atoms with Gasteiger partial charge in [-0.2, -0.15) is 52.7 Å². The lowest BCUT2D eigenvalue weighted by molar-refractivity contribution is -0.138. The van der Waals surface area contributed by atoms with E-state index in [1.54, 1.807) is 20.8 Å². The van der Waals surface area contributed by atoms with Crippen LogP contribution in [0.5, 0.6) is 23.0 Å². The van der Waals surface area contributed by atoms with Crippen molar-refractivity contribution >= 4 is 75.4 Å². The van der Waals surface area contributed by atoms with E-state index in [-0.39, 0.29) is 56.4 Å². The Labute approximate surface area is 593 Å². The van der Waals surface area contributed by atoms with Crippen LogP contribution in [-0.2, 0) is 58.1 Å². The molecule has 11 rings (SSSR count). The van der Waals surface area contributed by atoms with Crippen molar-refractivity contribution in [3.8, 4) is 23.0 Å². The van der Waals surface area contributed by atoms with Gasteiger partial charge >= 0.3 is 54.7 Å². The van der Waals surface area contributed by atoms with E-state index in [4.69, 9.17) is 59.3 Å². The Morgan fingerprint density at radius 1 is 0.558 bits per heavy atom. The van der Waals surface area contributed by atoms with E-state index in [1.807, 2.05) is 39.1 Å². The number of thioether (sulfide) groups is 1. The summed E-state index contributed by atoms with van der Waals surface area (Å²) in [5.41, 5.74) is 4.25. The first-order chi connectivity index (χ1) is 48.4. The van der Waals surface area contributed by atoms with E-state index in [2.05, 4.69) is 4.90 Å². The zero-order valence-corrected chi connectivity index (χ0v) is 58.1. The molecule has 0 radical (unpaired) electrons. The molecule has 6 heterocycles. The van der Waals surface area contributed by atoms with Crippen molar-refractivity contribution in [2.24, 2.45) is 0 Å². The van der Waals surface area contributed by atoms with Gasteiger partial charge in [0, 0.05) is 92.2 Å². The molecule has 0 unspecified atom stereocenters. The first kappa shape index (κ1) is 81.7. The number of rotatable bonds is 10. The SMILES string of the molecule is CC(C)(C)OC(=O)N1CC2(C/C(=C\C(=O)O)c3ccc(C(F)(F)F)cc3O2)C1.CCC1(CC)C/C(=C\C(=O)O)c2ccc(C(F)(F)F)cc2O1.CN1CCOc2c(N)cccc21.COCC1(COC)C/C(=C\C(=O)O)c2ccc(C(F)(F)F)cc2O1.O=C(O)/C=C1\CCSc2cc(C(F)(F)F)ccc21. The molecule has 1 amide bonds. The monoisotopic (exact) mass is 1500 g/mol. The van der Waals surface area contributed by atoms with Gasteiger partial charge in [-0.05, 0) is 129 Å². The Morgan fingerprint density at radius 3 is 1.38 bits per heavy atom. The Morgan fingerprint density at radius 2 is 0.962 bits per heavy atom. The smallest absolute Gasteiger partial charge is 0.416 e. The summed E-state index contributed by atoms with van der Waals surface area (Å²) < 4.78 is 193. The quantitative estimate of drug-likeness (QED) is 0.0494. The van der Waals surface area contributed by atoms with E-state index in [9.17, 15) is 76.7 Å². The summed E-state index contributed by atoms with van der Waals surface area (Å²) in [7, 11) is 4.88. The first-order valence-corrected chi connectivity index (χ1v) is 32.8. The third kappa shape index (κ3) is 21.1. The number of likely N-dealkylation sites (N-methyl/N-ethyl adjacent to an activating group) is 1. The number of benzene rings is 5. The Balaban J connectivity index is 0.000000186. The van der Waals surface area contributed by atoms with Crippen molar-refractivity contribution in [1.29, 1.82) is 0 Å². The number of carbonyl (C=O) groups excluding carboxylic acids is 1. The van der Waals surface area contributed by atoms with Crippen LogP contribution >= 0.6 is 11.8 Å². The van der Waals surface area contributed by atoms with Crippen LogP contribution in [0.25, 0.3) is 22.3 Å². The van der Waals surface area contributed by atoms with Gasteiger partial charge in [-0.25, -0.2) is 24.0 Å². The molecule has 0 bridgehead atoms. The highest BCUT2D eigenvalue weighted by molar-refractivity contribution is 7.99. The number of ether oxygens (including phenoxy) is 7. The molecule has 1 spiro atoms. The Bertz CT molecular complexity index is 4120. The molecule has 6 N–H and O–H groups in total. The summed E-state index contributed by atoms with van der Waals surface area (Å²) in [6.07, 6.45) is -12.1. The molecular formula is C72H75F12N3O16S. The van der Waals surface area contributed by atoms with Crippen LogP contribution in [0, 0.1) is 0 Å². The number of carboxylic acid groups (broad SMARTS) is 4. The molecule has 0 saturated carbocycles. The van der Waals surface area contributed by atoms with Crippen molar-refractivity contribution in [3.05, 3.63) is 160 Å². The van der Waals surface area contributed by atoms with E-state index >= 15 is 0 Å². The van der Waals surface area contributed by atoms with Crippen molar-refractivity contribution in [1.82, 2.24) is 4.90 Å². The topological polar surface area (TPSA) is 263 Å². The number of anilines is 2. The summed E-state index contributed by atoms with van der Waals surface area (Å²) in [6, 6.07) is 18.4. The third-order valence-corrected chi connectivity index (χ3v) is 17.8. The van der Waals surface area contributed by atoms with Gasteiger partial charge < -0.3 is 69.1 Å². The molecular weight excluding hydrogens is 1420 g/mol. The first-order valence-electron chi connectivity index (χ1n) is 31.8. The van der Waals surface area contributed by atoms with Crippen LogP contribution in [0.3, 0.4) is 0 Å². The van der Waals surface area contributed by atoms with Crippen molar-refractivity contribution in [2.75, 3.05) is 77.1 Å². The number of para-hydroxylation sites is 1. The maximum absolute atomic E-state index is 13.0. The molecule has 0 aliphatic carbocycles. The van der Waals surface area contributed by atoms with Gasteiger partial charge in [-0.1, -0.05) is 44.2 Å². The molecule has 6 aliphatic rings. The molecule has 1 saturated heterocycles. The predicted octanol–water partition coefficient (Wildman–Crippen LogP) is 16.2. The van der Waals surface area contributed by atoms with E-state index in [0.717, 1.165) is 103 Å². The highest BCUT2D eigenvalue weighted by atomic mass is 32.2. The Kier molecular flexibility index (Phi) is 25.6. The third-order valence-electron chi connectivity index (χ3n) is 16.8. The van der Waals surface area contributed by atoms with Crippen LogP contribution in [-0.4, -0.2) is 144 Å². The summed E-state index contributed by atoms with van der Waals surface area (Å²) >= 11 is 1.32. The molecule has 6 aliphatic heterocycles. The molecule has 0 atom stereocenters. The summed E-state index contributed by atoms with van der Waals surface area (Å²) in [5, 5.41) is 35.9. The van der Waals surface area contributed by atoms with Gasteiger partial charge in [0.1, 0.15) is 40.7 Å². The molecule has 564 valence electrons. The zero-order chi connectivity index (χ0) is 77.3. The highest BCUT2D eigenvalue weighted by Crippen LogP contribution is 2.50. The second-order valence-corrected chi connectivity index (χ2v) is 26.9. The zero-order valence-electron chi connectivity index (χ0n) is 57.3. The van der Waals surface area contributed by atoms with E-state index in [0.29, 0.717) is 80.9 Å². The van der Waals surface area contributed by atoms with Gasteiger partial charge in [-0.15, -0.1) is 11.8 Å². The number of carboxylic acids is 4. The number of nitrogens with two attached hydrogens (primary N) is 1. The lowest BCUT2D eigenvalue weighted by atomic mass is 9.81. The standard InChI is InChI=1S/C19H20F3NO5.C16H17F3O5.C16H17F3O3.C12H9F3O2S.C9H12N2O/c1-17(2,3)28-16(26)23-9-18(10-23)8-11(6-15(24)25)13-5-4-12(19(20,21)22)7-14(13)27-18;1-22-8-15(9-23-2)7-10(5-14(20)21)12-4-3-11(16(17,18)19)6-13(12)24-15;1-3-15(4-2)9-10(7-14(20)21)12-6-5-11(16(17,18)19)8-13(12)22-15;13-12(14,15)8-1-2-9-7(5-11(16)17)3-4-18-10(9)6-8;1-11-5-6-12-9-7(10)3-2-4-8(9)11/h4-7H,8-10H2,1-3H3,(H,24,25);3-6H,7-9H2,1-2H3,(H,20,21);5-8H,3-4,9H2,1-2H3,(H,20,21);1-2,5-6H,3-4H2,(H,16,17);2-4H,5-6,10H2,1H3/b11-6+;10-5+;10-7+;7-5+;. The number of nitrogens with zero attached hydrogens (tertiary/aromatic N) is 2. The molecule has 19 nitrogen and oxygen atoms in total. The molecule has 0 aromatic heterocycles. The number of fused-ring (bicyclic) bond motifs is 5. The number of methoxy groups -OCH3 is 2. The van der Waals surface area contributed by atoms with E-state index < -0.39 is 99.3 Å². The van der Waals surface area contributed by atoms with E-state index in [1.165, 1.54) is 55.1 Å². The minimum absolute atomic E-state index is 0.0352. The van der Waals surface area contributed by atoms with Crippen LogP contribution in [0.15, 0.2) is 120 Å². The molecule has 32 heteroatoms. The number of carbonyl (C=O) groups is 5. The summed E-state index contributed by atoms with van der Waals surface area (Å²) in [4.78, 5) is 60.0. The molecule has 5 aromatic carbocycles. The highest BCUT2D eigenvalue weighted by Gasteiger charge is 2.52. The van der Waals surface area contributed by atoms with Gasteiger partial charge in [0.05, 0.1) is 66.5 Å². The fourth-order valence-electron chi connectivity index (χ4n) is 12.0. The summed E-state index contributed by atoms with van der Waals surface area (Å²) in [5.74, 6) is -3.18. The molecule has 104 heavy (non-hydrogen) atoms. The number of nitrogen functional groups attached to an aromatic ring is 1. The van der Waals surface area contributed by atoms with Gasteiger partial charge in [0.25, 0.3) is 0 Å². The van der Waals surface area contributed by atoms with Crippen molar-refractivity contribution < 1.29 is 130 Å². The number of hydrogen-bond donors (Lipinski definition) is 5. The maximum atomic E-state index is 13.0. The summed E-state index contributed by atoms with van der Waals surface area (Å²) in [6.45, 7) is 10.8. The number of likely N-dealkylation sites (tertiary alicyclic amines) is 1. The minimum atomic E-state index is -4.55.